The largest absolute Gasteiger partial charge is 0.384 e. The zero-order valence-corrected chi connectivity index (χ0v) is 11.5. The van der Waals surface area contributed by atoms with E-state index in [1.54, 1.807) is 6.07 Å². The second-order valence-electron chi connectivity index (χ2n) is 4.95. The number of nitrogens with two attached hydrogens (primary N) is 1. The number of rotatable bonds is 3. The summed E-state index contributed by atoms with van der Waals surface area (Å²) in [5, 5.41) is 3.21. The third kappa shape index (κ3) is 2.72. The summed E-state index contributed by atoms with van der Waals surface area (Å²) < 4.78 is 5.84. The number of aromatic nitrogens is 2. The van der Waals surface area contributed by atoms with Gasteiger partial charge in [-0.3, -0.25) is 0 Å². The fourth-order valence-electron chi connectivity index (χ4n) is 2.50. The second kappa shape index (κ2) is 5.46. The van der Waals surface area contributed by atoms with Gasteiger partial charge in [-0.1, -0.05) is 24.3 Å². The highest BCUT2D eigenvalue weighted by molar-refractivity contribution is 5.39. The summed E-state index contributed by atoms with van der Waals surface area (Å²) in [7, 11) is 0. The highest BCUT2D eigenvalue weighted by Crippen LogP contribution is 2.26. The molecule has 5 heteroatoms. The molecule has 1 aliphatic rings. The Morgan fingerprint density at radius 2 is 2.20 bits per heavy atom. The molecule has 1 aliphatic heterocycles. The van der Waals surface area contributed by atoms with Crippen LogP contribution < -0.4 is 11.1 Å². The topological polar surface area (TPSA) is 73.1 Å². The number of anilines is 2. The molecule has 3 N–H and O–H groups in total. The van der Waals surface area contributed by atoms with E-state index in [4.69, 9.17) is 10.5 Å². The van der Waals surface area contributed by atoms with Crippen LogP contribution in [0.5, 0.6) is 0 Å². The lowest BCUT2D eigenvalue weighted by Crippen LogP contribution is -2.23. The molecule has 0 saturated carbocycles. The summed E-state index contributed by atoms with van der Waals surface area (Å²) in [5.74, 6) is 1.03. The molecule has 1 atom stereocenters. The first-order valence-electron chi connectivity index (χ1n) is 6.77. The monoisotopic (exact) mass is 270 g/mol. The maximum atomic E-state index is 5.84. The molecule has 1 aromatic carbocycles. The highest BCUT2D eigenvalue weighted by atomic mass is 16.5. The molecule has 1 unspecified atom stereocenters. The molecule has 0 fully saturated rings. The quantitative estimate of drug-likeness (QED) is 0.893. The van der Waals surface area contributed by atoms with Gasteiger partial charge in [0.05, 0.1) is 6.61 Å². The third-order valence-electron chi connectivity index (χ3n) is 3.41. The van der Waals surface area contributed by atoms with Crippen LogP contribution in [0.15, 0.2) is 30.3 Å². The van der Waals surface area contributed by atoms with Gasteiger partial charge in [0, 0.05) is 18.3 Å². The van der Waals surface area contributed by atoms with Gasteiger partial charge in [0.2, 0.25) is 5.95 Å². The first-order chi connectivity index (χ1) is 9.72. The Labute approximate surface area is 118 Å². The SMILES string of the molecule is Cc1cc(N)nc(NCC2OCCc3ccccc32)n1. The predicted molar refractivity (Wildman–Crippen MR) is 78.5 cm³/mol. The van der Waals surface area contributed by atoms with Crippen molar-refractivity contribution in [2.24, 2.45) is 0 Å². The highest BCUT2D eigenvalue weighted by Gasteiger charge is 2.20. The number of ether oxygens (including phenoxy) is 1. The van der Waals surface area contributed by atoms with E-state index < -0.39 is 0 Å². The van der Waals surface area contributed by atoms with E-state index in [2.05, 4.69) is 33.5 Å². The van der Waals surface area contributed by atoms with Gasteiger partial charge in [-0.05, 0) is 24.5 Å². The number of benzene rings is 1. The summed E-state index contributed by atoms with van der Waals surface area (Å²) in [6.45, 7) is 3.29. The normalized spacial score (nSPS) is 17.6. The van der Waals surface area contributed by atoms with E-state index in [1.807, 2.05) is 13.0 Å². The molecule has 20 heavy (non-hydrogen) atoms. The lowest BCUT2D eigenvalue weighted by molar-refractivity contribution is 0.0512. The van der Waals surface area contributed by atoms with Crippen LogP contribution in [0.2, 0.25) is 0 Å². The summed E-state index contributed by atoms with van der Waals surface area (Å²) in [4.78, 5) is 8.49. The Balaban J connectivity index is 1.73. The van der Waals surface area contributed by atoms with Gasteiger partial charge in [-0.2, -0.15) is 4.98 Å². The summed E-state index contributed by atoms with van der Waals surface area (Å²) in [6, 6.07) is 10.1. The lowest BCUT2D eigenvalue weighted by Gasteiger charge is -2.26. The molecular formula is C15H18N4O. The van der Waals surface area contributed by atoms with Crippen molar-refractivity contribution in [2.75, 3.05) is 24.2 Å². The summed E-state index contributed by atoms with van der Waals surface area (Å²) >= 11 is 0. The van der Waals surface area contributed by atoms with Crippen molar-refractivity contribution in [2.45, 2.75) is 19.4 Å². The fraction of sp³-hybridized carbons (Fsp3) is 0.333. The minimum absolute atomic E-state index is 0.0327. The van der Waals surface area contributed by atoms with Crippen molar-refractivity contribution in [3.8, 4) is 0 Å². The van der Waals surface area contributed by atoms with E-state index in [-0.39, 0.29) is 6.10 Å². The molecule has 0 aliphatic carbocycles. The molecule has 104 valence electrons. The molecule has 2 heterocycles. The van der Waals surface area contributed by atoms with Crippen LogP contribution in [0.25, 0.3) is 0 Å². The number of nitrogen functional groups attached to an aromatic ring is 1. The predicted octanol–water partition coefficient (Wildman–Crippen LogP) is 2.09. The number of hydrogen-bond acceptors (Lipinski definition) is 5. The maximum Gasteiger partial charge on any atom is 0.224 e. The molecule has 3 rings (SSSR count). The van der Waals surface area contributed by atoms with E-state index in [9.17, 15) is 0 Å². The minimum atomic E-state index is 0.0327. The van der Waals surface area contributed by atoms with Crippen LogP contribution in [-0.2, 0) is 11.2 Å². The fourth-order valence-corrected chi connectivity index (χ4v) is 2.50. The molecule has 0 amide bonds. The molecule has 5 nitrogen and oxygen atoms in total. The zero-order chi connectivity index (χ0) is 13.9. The molecule has 0 radical (unpaired) electrons. The number of nitrogens with zero attached hydrogens (tertiary/aromatic N) is 2. The average Bonchev–Trinajstić information content (AvgIpc) is 2.44. The molecular weight excluding hydrogens is 252 g/mol. The first kappa shape index (κ1) is 12.9. The van der Waals surface area contributed by atoms with Crippen molar-refractivity contribution >= 4 is 11.8 Å². The van der Waals surface area contributed by atoms with Gasteiger partial charge >= 0.3 is 0 Å². The molecule has 0 spiro atoms. The maximum absolute atomic E-state index is 5.84. The van der Waals surface area contributed by atoms with Crippen molar-refractivity contribution < 1.29 is 4.74 Å². The van der Waals surface area contributed by atoms with Crippen LogP contribution in [0.1, 0.15) is 22.9 Å². The van der Waals surface area contributed by atoms with Crippen LogP contribution in [0.3, 0.4) is 0 Å². The third-order valence-corrected chi connectivity index (χ3v) is 3.41. The van der Waals surface area contributed by atoms with Crippen molar-refractivity contribution in [3.63, 3.8) is 0 Å². The number of hydrogen-bond donors (Lipinski definition) is 2. The Kier molecular flexibility index (Phi) is 3.52. The summed E-state index contributed by atoms with van der Waals surface area (Å²) in [6.07, 6.45) is 1.01. The van der Waals surface area contributed by atoms with Gasteiger partial charge in [0.1, 0.15) is 11.9 Å². The Bertz CT molecular complexity index is 594. The van der Waals surface area contributed by atoms with Gasteiger partial charge in [0.15, 0.2) is 0 Å². The van der Waals surface area contributed by atoms with Crippen LogP contribution >= 0.6 is 0 Å². The van der Waals surface area contributed by atoms with Crippen LogP contribution in [-0.4, -0.2) is 23.1 Å². The number of fused-ring (bicyclic) bond motifs is 1. The Morgan fingerprint density at radius 3 is 3.05 bits per heavy atom. The summed E-state index contributed by atoms with van der Waals surface area (Å²) in [5.41, 5.74) is 9.17. The number of aryl methyl sites for hydroxylation is 1. The Hall–Kier alpha value is -2.14. The van der Waals surface area contributed by atoms with E-state index in [0.29, 0.717) is 18.3 Å². The van der Waals surface area contributed by atoms with Crippen molar-refractivity contribution in [1.29, 1.82) is 0 Å². The van der Waals surface area contributed by atoms with Crippen molar-refractivity contribution in [1.82, 2.24) is 9.97 Å². The number of nitrogens with one attached hydrogen (secondary N) is 1. The zero-order valence-electron chi connectivity index (χ0n) is 11.5. The lowest BCUT2D eigenvalue weighted by atomic mass is 9.98. The minimum Gasteiger partial charge on any atom is -0.384 e. The van der Waals surface area contributed by atoms with E-state index >= 15 is 0 Å². The van der Waals surface area contributed by atoms with Gasteiger partial charge in [0.25, 0.3) is 0 Å². The van der Waals surface area contributed by atoms with Gasteiger partial charge in [-0.15, -0.1) is 0 Å². The van der Waals surface area contributed by atoms with Crippen LogP contribution in [0, 0.1) is 6.92 Å². The van der Waals surface area contributed by atoms with Crippen molar-refractivity contribution in [3.05, 3.63) is 47.2 Å². The smallest absolute Gasteiger partial charge is 0.224 e. The first-order valence-corrected chi connectivity index (χ1v) is 6.77. The van der Waals surface area contributed by atoms with E-state index in [1.165, 1.54) is 11.1 Å². The van der Waals surface area contributed by atoms with Crippen LogP contribution in [0.4, 0.5) is 11.8 Å². The molecule has 0 bridgehead atoms. The second-order valence-corrected chi connectivity index (χ2v) is 4.95. The molecule has 0 saturated heterocycles. The average molecular weight is 270 g/mol. The van der Waals surface area contributed by atoms with Gasteiger partial charge in [-0.25, -0.2) is 4.98 Å². The molecule has 1 aromatic heterocycles. The van der Waals surface area contributed by atoms with E-state index in [0.717, 1.165) is 18.7 Å². The standard InChI is InChI=1S/C15H18N4O/c1-10-8-14(16)19-15(18-10)17-9-13-12-5-3-2-4-11(12)6-7-20-13/h2-5,8,13H,6-7,9H2,1H3,(H3,16,17,18,19). The van der Waals surface area contributed by atoms with Gasteiger partial charge < -0.3 is 15.8 Å². The Morgan fingerprint density at radius 1 is 1.35 bits per heavy atom. The molecule has 2 aromatic rings.